The molecule has 0 bridgehead atoms. The molecule has 0 spiro atoms. The Balaban J connectivity index is 2.18. The fraction of sp³-hybridized carbons (Fsp3) is 1.00. The second-order valence-electron chi connectivity index (χ2n) is 5.26. The van der Waals surface area contributed by atoms with Gasteiger partial charge in [0.2, 0.25) is 0 Å². The number of hydrogen-bond acceptors (Lipinski definition) is 4. The first-order valence-electron chi connectivity index (χ1n) is 6.53. The van der Waals surface area contributed by atoms with Crippen molar-refractivity contribution in [1.82, 2.24) is 10.2 Å². The molecule has 0 amide bonds. The molecule has 19 heavy (non-hydrogen) atoms. The Labute approximate surface area is 111 Å². The van der Waals surface area contributed by atoms with Crippen LogP contribution in [0, 0.1) is 0 Å². The van der Waals surface area contributed by atoms with Gasteiger partial charge in [-0.3, -0.25) is 4.90 Å². The number of halogens is 3. The molecule has 4 nitrogen and oxygen atoms in total. The third kappa shape index (κ3) is 3.82. The minimum atomic E-state index is -4.32. The van der Waals surface area contributed by atoms with Crippen LogP contribution < -0.4 is 5.32 Å². The number of nitrogens with zero attached hydrogens (tertiary/aromatic N) is 1. The van der Waals surface area contributed by atoms with Gasteiger partial charge < -0.3 is 5.32 Å². The van der Waals surface area contributed by atoms with E-state index in [1.165, 1.54) is 4.90 Å². The summed E-state index contributed by atoms with van der Waals surface area (Å²) in [6.45, 7) is 0.694. The maximum absolute atomic E-state index is 13.1. The van der Waals surface area contributed by atoms with Crippen molar-refractivity contribution in [2.45, 2.75) is 37.5 Å². The van der Waals surface area contributed by atoms with Gasteiger partial charge in [-0.2, -0.15) is 13.2 Å². The molecule has 2 atom stereocenters. The highest BCUT2D eigenvalue weighted by atomic mass is 32.2. The van der Waals surface area contributed by atoms with Gasteiger partial charge in [-0.05, 0) is 25.8 Å². The van der Waals surface area contributed by atoms with Gasteiger partial charge >= 0.3 is 6.18 Å². The largest absolute Gasteiger partial charge is 0.405 e. The van der Waals surface area contributed by atoms with Crippen LogP contribution >= 0.6 is 0 Å². The lowest BCUT2D eigenvalue weighted by molar-refractivity contribution is -0.186. The normalized spacial score (nSPS) is 33.8. The molecule has 2 aliphatic heterocycles. The van der Waals surface area contributed by atoms with Gasteiger partial charge in [0.05, 0.1) is 11.5 Å². The van der Waals surface area contributed by atoms with Gasteiger partial charge in [-0.25, -0.2) is 8.42 Å². The van der Waals surface area contributed by atoms with Crippen molar-refractivity contribution in [2.24, 2.45) is 0 Å². The SMILES string of the molecule is O=S1(=O)CCCC(N2CCCNCC2C(F)(F)F)C1. The van der Waals surface area contributed by atoms with Crippen LogP contribution in [0.1, 0.15) is 19.3 Å². The Morgan fingerprint density at radius 3 is 2.58 bits per heavy atom. The summed E-state index contributed by atoms with van der Waals surface area (Å²) in [6, 6.07) is -2.07. The molecule has 0 saturated carbocycles. The minimum Gasteiger partial charge on any atom is -0.315 e. The zero-order valence-electron chi connectivity index (χ0n) is 10.6. The molecule has 2 heterocycles. The monoisotopic (exact) mass is 300 g/mol. The molecule has 2 fully saturated rings. The Morgan fingerprint density at radius 2 is 1.95 bits per heavy atom. The summed E-state index contributed by atoms with van der Waals surface area (Å²) in [5, 5.41) is 2.78. The van der Waals surface area contributed by atoms with Crippen molar-refractivity contribution in [2.75, 3.05) is 31.1 Å². The maximum atomic E-state index is 13.1. The van der Waals surface area contributed by atoms with Gasteiger partial charge in [0.1, 0.15) is 6.04 Å². The molecule has 0 radical (unpaired) electrons. The zero-order chi connectivity index (χ0) is 14.1. The summed E-state index contributed by atoms with van der Waals surface area (Å²) in [5.41, 5.74) is 0. The predicted molar refractivity (Wildman–Crippen MR) is 65.7 cm³/mol. The molecule has 2 saturated heterocycles. The molecule has 2 aliphatic rings. The molecule has 0 aromatic carbocycles. The van der Waals surface area contributed by atoms with Gasteiger partial charge in [-0.15, -0.1) is 0 Å². The first kappa shape index (κ1) is 15.1. The highest BCUT2D eigenvalue weighted by Gasteiger charge is 2.47. The zero-order valence-corrected chi connectivity index (χ0v) is 11.4. The lowest BCUT2D eigenvalue weighted by atomic mass is 10.1. The fourth-order valence-electron chi connectivity index (χ4n) is 2.90. The highest BCUT2D eigenvalue weighted by molar-refractivity contribution is 7.91. The molecule has 2 unspecified atom stereocenters. The lowest BCUT2D eigenvalue weighted by Gasteiger charge is -2.39. The first-order chi connectivity index (χ1) is 8.80. The van der Waals surface area contributed by atoms with E-state index >= 15 is 0 Å². The van der Waals surface area contributed by atoms with E-state index in [1.54, 1.807) is 0 Å². The molecular weight excluding hydrogens is 281 g/mol. The van der Waals surface area contributed by atoms with Crippen molar-refractivity contribution < 1.29 is 21.6 Å². The quantitative estimate of drug-likeness (QED) is 0.778. The van der Waals surface area contributed by atoms with E-state index in [-0.39, 0.29) is 18.1 Å². The van der Waals surface area contributed by atoms with Crippen molar-refractivity contribution in [3.63, 3.8) is 0 Å². The Kier molecular flexibility index (Phi) is 4.42. The van der Waals surface area contributed by atoms with Crippen molar-refractivity contribution in [1.29, 1.82) is 0 Å². The number of hydrogen-bond donors (Lipinski definition) is 1. The summed E-state index contributed by atoms with van der Waals surface area (Å²) in [6.07, 6.45) is -2.71. The van der Waals surface area contributed by atoms with Gasteiger partial charge in [0, 0.05) is 19.1 Å². The molecule has 0 aromatic rings. The van der Waals surface area contributed by atoms with Crippen LogP contribution in [-0.4, -0.2) is 62.7 Å². The van der Waals surface area contributed by atoms with Gasteiger partial charge in [-0.1, -0.05) is 0 Å². The Bertz CT molecular complexity index is 411. The minimum absolute atomic E-state index is 0.103. The average Bonchev–Trinajstić information content (AvgIpc) is 2.51. The van der Waals surface area contributed by atoms with E-state index in [0.717, 1.165) is 0 Å². The van der Waals surface area contributed by atoms with E-state index in [0.29, 0.717) is 32.4 Å². The predicted octanol–water partition coefficient (Wildman–Crippen LogP) is 0.790. The molecule has 2 rings (SSSR count). The van der Waals surface area contributed by atoms with Crippen molar-refractivity contribution >= 4 is 9.84 Å². The third-order valence-corrected chi connectivity index (χ3v) is 5.60. The Morgan fingerprint density at radius 1 is 1.21 bits per heavy atom. The molecule has 0 aliphatic carbocycles. The standard InChI is InChI=1S/C11H19F3N2O2S/c12-11(13,14)10-7-15-4-2-5-16(10)9-3-1-6-19(17,18)8-9/h9-10,15H,1-8H2. The van der Waals surface area contributed by atoms with E-state index in [4.69, 9.17) is 0 Å². The first-order valence-corrected chi connectivity index (χ1v) is 8.35. The Hall–Kier alpha value is -0.340. The summed E-state index contributed by atoms with van der Waals surface area (Å²) >= 11 is 0. The van der Waals surface area contributed by atoms with Crippen LogP contribution in [0.2, 0.25) is 0 Å². The molecule has 8 heteroatoms. The van der Waals surface area contributed by atoms with Gasteiger partial charge in [0.25, 0.3) is 0 Å². The second kappa shape index (κ2) is 5.57. The maximum Gasteiger partial charge on any atom is 0.405 e. The van der Waals surface area contributed by atoms with Crippen LogP contribution in [0.4, 0.5) is 13.2 Å². The van der Waals surface area contributed by atoms with Crippen molar-refractivity contribution in [3.8, 4) is 0 Å². The highest BCUT2D eigenvalue weighted by Crippen LogP contribution is 2.30. The summed E-state index contributed by atoms with van der Waals surface area (Å²) in [7, 11) is -3.19. The van der Waals surface area contributed by atoms with Crippen LogP contribution in [0.3, 0.4) is 0 Å². The second-order valence-corrected chi connectivity index (χ2v) is 7.49. The van der Waals surface area contributed by atoms with Gasteiger partial charge in [0.15, 0.2) is 9.84 Å². The lowest BCUT2D eigenvalue weighted by Crippen LogP contribution is -2.56. The van der Waals surface area contributed by atoms with E-state index in [1.807, 2.05) is 0 Å². The van der Waals surface area contributed by atoms with Crippen molar-refractivity contribution in [3.05, 3.63) is 0 Å². The fourth-order valence-corrected chi connectivity index (χ4v) is 4.62. The van der Waals surface area contributed by atoms with Crippen LogP contribution in [-0.2, 0) is 9.84 Å². The molecular formula is C11H19F3N2O2S. The van der Waals surface area contributed by atoms with E-state index < -0.39 is 28.1 Å². The van der Waals surface area contributed by atoms with Crippen LogP contribution in [0.5, 0.6) is 0 Å². The smallest absolute Gasteiger partial charge is 0.315 e. The average molecular weight is 300 g/mol. The molecule has 1 N–H and O–H groups in total. The third-order valence-electron chi connectivity index (χ3n) is 3.79. The number of alkyl halides is 3. The summed E-state index contributed by atoms with van der Waals surface area (Å²) in [5.74, 6) is -0.0359. The van der Waals surface area contributed by atoms with Crippen LogP contribution in [0.25, 0.3) is 0 Å². The van der Waals surface area contributed by atoms with E-state index in [9.17, 15) is 21.6 Å². The molecule has 0 aromatic heterocycles. The summed E-state index contributed by atoms with van der Waals surface area (Å²) < 4.78 is 62.5. The summed E-state index contributed by atoms with van der Waals surface area (Å²) in [4.78, 5) is 1.36. The topological polar surface area (TPSA) is 49.4 Å². The van der Waals surface area contributed by atoms with Crippen LogP contribution in [0.15, 0.2) is 0 Å². The number of nitrogens with one attached hydrogen (secondary N) is 1. The number of sulfone groups is 1. The molecule has 112 valence electrons. The number of rotatable bonds is 1. The van der Waals surface area contributed by atoms with E-state index in [2.05, 4.69) is 5.32 Å².